The lowest BCUT2D eigenvalue weighted by Gasteiger charge is -2.11. The number of esters is 1. The molecular weight excluding hydrogens is 248 g/mol. The second kappa shape index (κ2) is 6.32. The Hall–Kier alpha value is -1.17. The molecule has 0 aliphatic carbocycles. The zero-order valence-corrected chi connectivity index (χ0v) is 10.9. The zero-order chi connectivity index (χ0) is 13.8. The molecule has 0 bridgehead atoms. The first kappa shape index (κ1) is 14.2. The van der Waals surface area contributed by atoms with Crippen LogP contribution in [0.2, 0.25) is 0 Å². The first-order chi connectivity index (χ1) is 9.08. The maximum atomic E-state index is 11.5. The van der Waals surface area contributed by atoms with Gasteiger partial charge in [-0.2, -0.15) is 0 Å². The number of hydrogen-bond donors (Lipinski definition) is 2. The Kier molecular flexibility index (Phi) is 4.74. The van der Waals surface area contributed by atoms with E-state index in [2.05, 4.69) is 0 Å². The molecule has 2 N–H and O–H groups in total. The highest BCUT2D eigenvalue weighted by atomic mass is 16.6. The first-order valence-corrected chi connectivity index (χ1v) is 6.65. The van der Waals surface area contributed by atoms with Gasteiger partial charge in [-0.1, -0.05) is 12.2 Å². The molecule has 19 heavy (non-hydrogen) atoms. The Balaban J connectivity index is 2.00. The van der Waals surface area contributed by atoms with Crippen molar-refractivity contribution in [2.45, 2.75) is 56.7 Å². The molecule has 0 spiro atoms. The fourth-order valence-electron chi connectivity index (χ4n) is 2.14. The van der Waals surface area contributed by atoms with Gasteiger partial charge in [0.15, 0.2) is 0 Å². The van der Waals surface area contributed by atoms with Crippen LogP contribution in [0, 0.1) is 0 Å². The number of carbonyl (C=O) groups is 1. The summed E-state index contributed by atoms with van der Waals surface area (Å²) in [6.07, 6.45) is 6.02. The van der Waals surface area contributed by atoms with Crippen molar-refractivity contribution >= 4 is 5.97 Å². The SMILES string of the molecule is C[C@H]1CCC/C=C/[C@@H](O)[C@H]2O[C@H]2[C@@H](O)C=CC(=O)O1. The van der Waals surface area contributed by atoms with E-state index < -0.39 is 30.4 Å². The van der Waals surface area contributed by atoms with Crippen molar-refractivity contribution in [3.8, 4) is 0 Å². The van der Waals surface area contributed by atoms with Crippen molar-refractivity contribution in [1.82, 2.24) is 0 Å². The van der Waals surface area contributed by atoms with Crippen molar-refractivity contribution in [2.75, 3.05) is 0 Å². The third kappa shape index (κ3) is 4.16. The summed E-state index contributed by atoms with van der Waals surface area (Å²) in [7, 11) is 0. The molecule has 2 heterocycles. The maximum Gasteiger partial charge on any atom is 0.330 e. The summed E-state index contributed by atoms with van der Waals surface area (Å²) in [5.74, 6) is -0.461. The molecule has 2 aliphatic rings. The lowest BCUT2D eigenvalue weighted by Crippen LogP contribution is -2.21. The predicted molar refractivity (Wildman–Crippen MR) is 68.4 cm³/mol. The minimum absolute atomic E-state index is 0.152. The van der Waals surface area contributed by atoms with E-state index >= 15 is 0 Å². The van der Waals surface area contributed by atoms with Gasteiger partial charge in [0.2, 0.25) is 0 Å². The Labute approximate surface area is 112 Å². The molecule has 106 valence electrons. The Morgan fingerprint density at radius 2 is 1.89 bits per heavy atom. The smallest absolute Gasteiger partial charge is 0.330 e. The van der Waals surface area contributed by atoms with Crippen LogP contribution in [0.15, 0.2) is 24.3 Å². The summed E-state index contributed by atoms with van der Waals surface area (Å²) in [6.45, 7) is 1.84. The minimum atomic E-state index is -0.904. The molecule has 2 rings (SSSR count). The van der Waals surface area contributed by atoms with Gasteiger partial charge in [0.05, 0.1) is 6.10 Å². The summed E-state index contributed by atoms with van der Waals surface area (Å²) in [6, 6.07) is 0. The van der Waals surface area contributed by atoms with Crippen LogP contribution in [0.4, 0.5) is 0 Å². The number of cyclic esters (lactones) is 1. The van der Waals surface area contributed by atoms with Crippen molar-refractivity contribution in [3.63, 3.8) is 0 Å². The molecule has 0 saturated carbocycles. The van der Waals surface area contributed by atoms with E-state index in [0.29, 0.717) is 0 Å². The molecule has 0 radical (unpaired) electrons. The summed E-state index contributed by atoms with van der Waals surface area (Å²) in [5, 5.41) is 19.6. The van der Waals surface area contributed by atoms with Gasteiger partial charge in [0.1, 0.15) is 24.4 Å². The fourth-order valence-corrected chi connectivity index (χ4v) is 2.14. The zero-order valence-electron chi connectivity index (χ0n) is 10.9. The third-order valence-corrected chi connectivity index (χ3v) is 3.30. The number of hydrogen-bond acceptors (Lipinski definition) is 5. The number of fused-ring (bicyclic) bond motifs is 1. The maximum absolute atomic E-state index is 11.5. The van der Waals surface area contributed by atoms with E-state index in [1.807, 2.05) is 13.0 Å². The van der Waals surface area contributed by atoms with Crippen LogP contribution in [-0.4, -0.2) is 46.7 Å². The fraction of sp³-hybridized carbons (Fsp3) is 0.643. The second-order valence-corrected chi connectivity index (χ2v) is 5.01. The van der Waals surface area contributed by atoms with Crippen molar-refractivity contribution in [1.29, 1.82) is 0 Å². The molecule has 5 heteroatoms. The van der Waals surface area contributed by atoms with Gasteiger partial charge in [-0.25, -0.2) is 4.79 Å². The number of rotatable bonds is 0. The van der Waals surface area contributed by atoms with E-state index in [9.17, 15) is 15.0 Å². The van der Waals surface area contributed by atoms with Crippen LogP contribution in [0.25, 0.3) is 0 Å². The normalized spacial score (nSPS) is 41.8. The van der Waals surface area contributed by atoms with Gasteiger partial charge >= 0.3 is 5.97 Å². The topological polar surface area (TPSA) is 79.3 Å². The second-order valence-electron chi connectivity index (χ2n) is 5.01. The van der Waals surface area contributed by atoms with E-state index in [1.165, 1.54) is 12.2 Å². The Bertz CT molecular complexity index is 376. The van der Waals surface area contributed by atoms with Gasteiger partial charge in [0.25, 0.3) is 0 Å². The van der Waals surface area contributed by atoms with Crippen molar-refractivity contribution in [2.24, 2.45) is 0 Å². The summed E-state index contributed by atoms with van der Waals surface area (Å²) < 4.78 is 10.4. The number of aliphatic hydroxyl groups excluding tert-OH is 2. The van der Waals surface area contributed by atoms with Gasteiger partial charge in [-0.15, -0.1) is 0 Å². The standard InChI is InChI=1S/C14H20O5/c1-9-5-3-2-4-6-10(15)13-14(19-13)11(16)7-8-12(17)18-9/h4,6-11,13-16H,2-3,5H2,1H3/b6-4+,8-7?/t9-,10+,11-,13+,14-/m0/s1. The van der Waals surface area contributed by atoms with E-state index in [1.54, 1.807) is 6.08 Å². The van der Waals surface area contributed by atoms with Gasteiger partial charge in [0, 0.05) is 6.08 Å². The molecule has 0 aromatic rings. The predicted octanol–water partition coefficient (Wildman–Crippen LogP) is 0.704. The summed E-state index contributed by atoms with van der Waals surface area (Å²) >= 11 is 0. The quantitative estimate of drug-likeness (QED) is 0.384. The Morgan fingerprint density at radius 3 is 2.63 bits per heavy atom. The van der Waals surface area contributed by atoms with Gasteiger partial charge < -0.3 is 19.7 Å². The monoisotopic (exact) mass is 268 g/mol. The van der Waals surface area contributed by atoms with Crippen LogP contribution in [0.1, 0.15) is 26.2 Å². The van der Waals surface area contributed by atoms with Crippen LogP contribution in [-0.2, 0) is 14.3 Å². The molecule has 5 nitrogen and oxygen atoms in total. The lowest BCUT2D eigenvalue weighted by atomic mass is 10.1. The molecule has 0 unspecified atom stereocenters. The van der Waals surface area contributed by atoms with Gasteiger partial charge in [-0.3, -0.25) is 0 Å². The van der Waals surface area contributed by atoms with Crippen LogP contribution < -0.4 is 0 Å². The average Bonchev–Trinajstić information content (AvgIpc) is 3.14. The number of allylic oxidation sites excluding steroid dienone is 1. The molecule has 0 aromatic carbocycles. The van der Waals surface area contributed by atoms with Gasteiger partial charge in [-0.05, 0) is 32.3 Å². The molecule has 0 amide bonds. The number of aliphatic hydroxyl groups is 2. The molecule has 2 aliphatic heterocycles. The number of epoxide rings is 1. The van der Waals surface area contributed by atoms with Crippen LogP contribution in [0.5, 0.6) is 0 Å². The summed E-state index contributed by atoms with van der Waals surface area (Å²) in [5.41, 5.74) is 0. The van der Waals surface area contributed by atoms with Crippen molar-refractivity contribution < 1.29 is 24.5 Å². The third-order valence-electron chi connectivity index (χ3n) is 3.30. The molecule has 0 aromatic heterocycles. The number of carbonyl (C=O) groups excluding carboxylic acids is 1. The molecule has 1 saturated heterocycles. The highest BCUT2D eigenvalue weighted by Crippen LogP contribution is 2.30. The molecule has 5 atom stereocenters. The van der Waals surface area contributed by atoms with Crippen LogP contribution >= 0.6 is 0 Å². The largest absolute Gasteiger partial charge is 0.460 e. The number of ether oxygens (including phenoxy) is 2. The molecular formula is C14H20O5. The van der Waals surface area contributed by atoms with Crippen LogP contribution in [0.3, 0.4) is 0 Å². The summed E-state index contributed by atoms with van der Waals surface area (Å²) in [4.78, 5) is 11.5. The average molecular weight is 268 g/mol. The van der Waals surface area contributed by atoms with E-state index in [4.69, 9.17) is 9.47 Å². The highest BCUT2D eigenvalue weighted by Gasteiger charge is 2.47. The minimum Gasteiger partial charge on any atom is -0.460 e. The first-order valence-electron chi connectivity index (χ1n) is 6.65. The Morgan fingerprint density at radius 1 is 1.21 bits per heavy atom. The highest BCUT2D eigenvalue weighted by molar-refractivity contribution is 5.82. The van der Waals surface area contributed by atoms with E-state index in [-0.39, 0.29) is 6.10 Å². The lowest BCUT2D eigenvalue weighted by molar-refractivity contribution is -0.142. The van der Waals surface area contributed by atoms with Crippen molar-refractivity contribution in [3.05, 3.63) is 24.3 Å². The van der Waals surface area contributed by atoms with E-state index in [0.717, 1.165) is 19.3 Å². The molecule has 1 fully saturated rings.